The van der Waals surface area contributed by atoms with Crippen LogP contribution in [-0.2, 0) is 0 Å². The number of hydrogen-bond acceptors (Lipinski definition) is 6. The molecular weight excluding hydrogens is 454 g/mol. The van der Waals surface area contributed by atoms with Gasteiger partial charge in [-0.15, -0.1) is 10.2 Å². The van der Waals surface area contributed by atoms with Crippen LogP contribution < -0.4 is 16.0 Å². The summed E-state index contributed by atoms with van der Waals surface area (Å²) in [5.74, 6) is 0.00322. The third kappa shape index (κ3) is 4.84. The number of benzene rings is 3. The van der Waals surface area contributed by atoms with Crippen LogP contribution in [0.25, 0.3) is 22.9 Å². The second-order valence-electron chi connectivity index (χ2n) is 8.90. The molecule has 2 heterocycles. The number of aryl methyl sites for hydroxylation is 1. The van der Waals surface area contributed by atoms with Crippen LogP contribution in [0.3, 0.4) is 0 Å². The van der Waals surface area contributed by atoms with Crippen molar-refractivity contribution in [3.63, 3.8) is 0 Å². The lowest BCUT2D eigenvalue weighted by molar-refractivity contribution is 0.0996. The molecule has 36 heavy (non-hydrogen) atoms. The second kappa shape index (κ2) is 10.0. The Labute approximate surface area is 209 Å². The number of hydrogen-bond donors (Lipinski definition) is 2. The highest BCUT2D eigenvalue weighted by Gasteiger charge is 2.19. The molecule has 8 nitrogen and oxygen atoms in total. The van der Waals surface area contributed by atoms with Gasteiger partial charge in [0.2, 0.25) is 17.7 Å². The molecule has 5 rings (SSSR count). The highest BCUT2D eigenvalue weighted by atomic mass is 16.4. The topological polar surface area (TPSA) is 114 Å². The summed E-state index contributed by atoms with van der Waals surface area (Å²) in [6.45, 7) is 3.80. The second-order valence-corrected chi connectivity index (χ2v) is 8.90. The zero-order valence-corrected chi connectivity index (χ0v) is 20.0. The van der Waals surface area contributed by atoms with Gasteiger partial charge in [0, 0.05) is 35.3 Å². The molecule has 1 saturated heterocycles. The van der Waals surface area contributed by atoms with Crippen LogP contribution >= 0.6 is 0 Å². The number of carbonyl (C=O) groups excluding carboxylic acids is 2. The van der Waals surface area contributed by atoms with Crippen molar-refractivity contribution in [3.05, 3.63) is 83.4 Å². The Balaban J connectivity index is 1.36. The van der Waals surface area contributed by atoms with Crippen molar-refractivity contribution in [1.29, 1.82) is 0 Å². The first-order chi connectivity index (χ1) is 17.5. The number of piperidine rings is 1. The smallest absolute Gasteiger partial charge is 0.255 e. The van der Waals surface area contributed by atoms with Crippen LogP contribution in [0.5, 0.6) is 0 Å². The molecule has 2 amide bonds. The zero-order chi connectivity index (χ0) is 25.1. The van der Waals surface area contributed by atoms with Crippen molar-refractivity contribution < 1.29 is 14.0 Å². The van der Waals surface area contributed by atoms with Gasteiger partial charge in [-0.1, -0.05) is 18.2 Å². The number of amides is 2. The standard InChI is InChI=1S/C28H27N5O3/c1-18-7-3-4-8-22(18)28-32-31-27(36-28)20-11-9-19(10-12-20)26(35)30-23-17-21(25(29)34)13-14-24(23)33-15-5-2-6-16-33/h3-4,7-14,17H,2,5-6,15-16H2,1H3,(H2,29,34)(H,30,35). The van der Waals surface area contributed by atoms with E-state index in [9.17, 15) is 9.59 Å². The number of primary amides is 1. The van der Waals surface area contributed by atoms with Crippen LogP contribution in [0.15, 0.2) is 71.1 Å². The number of carbonyl (C=O) groups is 2. The molecule has 0 spiro atoms. The van der Waals surface area contributed by atoms with Gasteiger partial charge in [-0.25, -0.2) is 0 Å². The van der Waals surface area contributed by atoms with Crippen molar-refractivity contribution in [3.8, 4) is 22.9 Å². The maximum Gasteiger partial charge on any atom is 0.255 e. The average Bonchev–Trinajstić information content (AvgIpc) is 3.39. The van der Waals surface area contributed by atoms with E-state index < -0.39 is 5.91 Å². The molecule has 0 unspecified atom stereocenters. The number of anilines is 2. The van der Waals surface area contributed by atoms with E-state index in [2.05, 4.69) is 20.4 Å². The molecule has 8 heteroatoms. The first-order valence-corrected chi connectivity index (χ1v) is 12.0. The third-order valence-electron chi connectivity index (χ3n) is 6.42. The van der Waals surface area contributed by atoms with Crippen molar-refractivity contribution in [2.24, 2.45) is 5.73 Å². The minimum atomic E-state index is -0.537. The predicted octanol–water partition coefficient (Wildman–Crippen LogP) is 5.05. The Hall–Kier alpha value is -4.46. The minimum absolute atomic E-state index is 0.285. The first kappa shape index (κ1) is 23.3. The van der Waals surface area contributed by atoms with Gasteiger partial charge in [0.25, 0.3) is 5.91 Å². The highest BCUT2D eigenvalue weighted by Crippen LogP contribution is 2.31. The van der Waals surface area contributed by atoms with Gasteiger partial charge in [0.15, 0.2) is 0 Å². The van der Waals surface area contributed by atoms with Crippen molar-refractivity contribution >= 4 is 23.2 Å². The number of aromatic nitrogens is 2. The lowest BCUT2D eigenvalue weighted by Gasteiger charge is -2.30. The van der Waals surface area contributed by atoms with Gasteiger partial charge < -0.3 is 20.4 Å². The van der Waals surface area contributed by atoms with Gasteiger partial charge in [0.05, 0.1) is 11.4 Å². The van der Waals surface area contributed by atoms with Gasteiger partial charge in [-0.2, -0.15) is 0 Å². The van der Waals surface area contributed by atoms with E-state index in [1.807, 2.05) is 37.3 Å². The van der Waals surface area contributed by atoms with Crippen LogP contribution in [0, 0.1) is 6.92 Å². The Bertz CT molecular complexity index is 1400. The molecule has 0 saturated carbocycles. The molecule has 0 aliphatic carbocycles. The van der Waals surface area contributed by atoms with E-state index >= 15 is 0 Å². The highest BCUT2D eigenvalue weighted by molar-refractivity contribution is 6.07. The van der Waals surface area contributed by atoms with E-state index in [0.717, 1.165) is 42.7 Å². The summed E-state index contributed by atoms with van der Waals surface area (Å²) in [5, 5.41) is 11.3. The molecule has 1 aliphatic heterocycles. The van der Waals surface area contributed by atoms with E-state index in [0.29, 0.717) is 34.2 Å². The van der Waals surface area contributed by atoms with E-state index in [1.165, 1.54) is 6.42 Å². The summed E-state index contributed by atoms with van der Waals surface area (Å²) < 4.78 is 5.88. The first-order valence-electron chi connectivity index (χ1n) is 12.0. The predicted molar refractivity (Wildman–Crippen MR) is 139 cm³/mol. The lowest BCUT2D eigenvalue weighted by atomic mass is 10.1. The molecule has 4 aromatic rings. The van der Waals surface area contributed by atoms with Gasteiger partial charge in [-0.05, 0) is 80.3 Å². The largest absolute Gasteiger partial charge is 0.416 e. The quantitative estimate of drug-likeness (QED) is 0.398. The summed E-state index contributed by atoms with van der Waals surface area (Å²) in [7, 11) is 0. The summed E-state index contributed by atoms with van der Waals surface area (Å²) in [6, 6.07) is 20.0. The molecule has 0 atom stereocenters. The molecule has 1 aromatic heterocycles. The molecule has 3 aromatic carbocycles. The third-order valence-corrected chi connectivity index (χ3v) is 6.42. The molecule has 0 bridgehead atoms. The van der Waals surface area contributed by atoms with E-state index in [4.69, 9.17) is 10.2 Å². The normalized spacial score (nSPS) is 13.4. The summed E-state index contributed by atoms with van der Waals surface area (Å²) in [6.07, 6.45) is 3.37. The van der Waals surface area contributed by atoms with Crippen LogP contribution in [0.2, 0.25) is 0 Å². The minimum Gasteiger partial charge on any atom is -0.416 e. The van der Waals surface area contributed by atoms with Gasteiger partial charge >= 0.3 is 0 Å². The summed E-state index contributed by atoms with van der Waals surface area (Å²) in [4.78, 5) is 27.1. The van der Waals surface area contributed by atoms with Crippen LogP contribution in [0.4, 0.5) is 11.4 Å². The molecule has 1 aliphatic rings. The molecular formula is C28H27N5O3. The van der Waals surface area contributed by atoms with E-state index in [1.54, 1.807) is 36.4 Å². The molecule has 0 radical (unpaired) electrons. The van der Waals surface area contributed by atoms with Crippen molar-refractivity contribution in [2.45, 2.75) is 26.2 Å². The fourth-order valence-corrected chi connectivity index (χ4v) is 4.42. The monoisotopic (exact) mass is 481 g/mol. The number of nitrogens with two attached hydrogens (primary N) is 1. The van der Waals surface area contributed by atoms with Crippen molar-refractivity contribution in [1.82, 2.24) is 10.2 Å². The molecule has 3 N–H and O–H groups in total. The Morgan fingerprint density at radius 3 is 2.31 bits per heavy atom. The van der Waals surface area contributed by atoms with E-state index in [-0.39, 0.29) is 5.91 Å². The Morgan fingerprint density at radius 1 is 0.889 bits per heavy atom. The molecule has 1 fully saturated rings. The maximum atomic E-state index is 13.1. The van der Waals surface area contributed by atoms with Crippen molar-refractivity contribution in [2.75, 3.05) is 23.3 Å². The number of rotatable bonds is 6. The van der Waals surface area contributed by atoms with Crippen LogP contribution in [-0.4, -0.2) is 35.1 Å². The van der Waals surface area contributed by atoms with Gasteiger partial charge in [-0.3, -0.25) is 9.59 Å². The zero-order valence-electron chi connectivity index (χ0n) is 20.0. The average molecular weight is 482 g/mol. The SMILES string of the molecule is Cc1ccccc1-c1nnc(-c2ccc(C(=O)Nc3cc(C(N)=O)ccc3N3CCCCC3)cc2)o1. The fourth-order valence-electron chi connectivity index (χ4n) is 4.42. The fraction of sp³-hybridized carbons (Fsp3) is 0.214. The number of nitrogens with one attached hydrogen (secondary N) is 1. The van der Waals surface area contributed by atoms with Crippen LogP contribution in [0.1, 0.15) is 45.5 Å². The Morgan fingerprint density at radius 2 is 1.58 bits per heavy atom. The molecule has 182 valence electrons. The maximum absolute atomic E-state index is 13.1. The summed E-state index contributed by atoms with van der Waals surface area (Å²) >= 11 is 0. The lowest BCUT2D eigenvalue weighted by Crippen LogP contribution is -2.30. The summed E-state index contributed by atoms with van der Waals surface area (Å²) in [5.41, 5.74) is 10.4. The Kier molecular flexibility index (Phi) is 6.49. The number of nitrogens with zero attached hydrogens (tertiary/aromatic N) is 3. The van der Waals surface area contributed by atoms with Gasteiger partial charge in [0.1, 0.15) is 0 Å².